The Labute approximate surface area is 210 Å². The number of benzene rings is 3. The largest absolute Gasteiger partial charge is 0.493 e. The summed E-state index contributed by atoms with van der Waals surface area (Å²) in [6.45, 7) is 0.104. The molecule has 0 bridgehead atoms. The summed E-state index contributed by atoms with van der Waals surface area (Å²) >= 11 is 12.0. The van der Waals surface area contributed by atoms with Crippen molar-refractivity contribution < 1.29 is 23.4 Å². The first-order chi connectivity index (χ1) is 16.6. The standard InChI is InChI=1S/C23H18Cl2N4O5S/c24-15-5-4-13(19(25)11-15)8-9-26-35(33,34)17-6-7-20-18(12-17)21(22(30)27-20)29-28-16-3-1-2-14(10-16)23(31)32/h1-7,10-12,26-27,30H,8-9H2,(H,31,32). The first-order valence-electron chi connectivity index (χ1n) is 10.2. The molecule has 0 fully saturated rings. The zero-order chi connectivity index (χ0) is 25.2. The minimum atomic E-state index is -3.88. The van der Waals surface area contributed by atoms with Gasteiger partial charge in [-0.3, -0.25) is 0 Å². The highest BCUT2D eigenvalue weighted by atomic mass is 35.5. The van der Waals surface area contributed by atoms with Crippen LogP contribution in [-0.4, -0.2) is 36.1 Å². The molecule has 4 N–H and O–H groups in total. The lowest BCUT2D eigenvalue weighted by molar-refractivity contribution is 0.0697. The Morgan fingerprint density at radius 2 is 1.83 bits per heavy atom. The number of H-pyrrole nitrogens is 1. The number of fused-ring (bicyclic) bond motifs is 1. The summed E-state index contributed by atoms with van der Waals surface area (Å²) in [6, 6.07) is 15.1. The molecule has 0 amide bonds. The van der Waals surface area contributed by atoms with Crippen molar-refractivity contribution in [2.45, 2.75) is 11.3 Å². The number of hydrogen-bond acceptors (Lipinski definition) is 6. The van der Waals surface area contributed by atoms with E-state index in [2.05, 4.69) is 19.9 Å². The first-order valence-corrected chi connectivity index (χ1v) is 12.4. The molecule has 0 aliphatic heterocycles. The van der Waals surface area contributed by atoms with E-state index in [1.54, 1.807) is 24.3 Å². The molecule has 0 radical (unpaired) electrons. The van der Waals surface area contributed by atoms with Crippen molar-refractivity contribution in [1.29, 1.82) is 0 Å². The predicted molar refractivity (Wildman–Crippen MR) is 133 cm³/mol. The lowest BCUT2D eigenvalue weighted by Crippen LogP contribution is -2.26. The van der Waals surface area contributed by atoms with E-state index in [1.165, 1.54) is 36.4 Å². The second kappa shape index (κ2) is 10.0. The molecule has 1 heterocycles. The van der Waals surface area contributed by atoms with E-state index in [1.807, 2.05) is 0 Å². The van der Waals surface area contributed by atoms with Crippen molar-refractivity contribution in [2.24, 2.45) is 10.2 Å². The molecule has 4 rings (SSSR count). The quantitative estimate of drug-likeness (QED) is 0.211. The van der Waals surface area contributed by atoms with Gasteiger partial charge in [0.1, 0.15) is 0 Å². The van der Waals surface area contributed by atoms with Crippen molar-refractivity contribution in [3.8, 4) is 5.88 Å². The maximum Gasteiger partial charge on any atom is 0.335 e. The van der Waals surface area contributed by atoms with Crippen LogP contribution in [0.4, 0.5) is 11.4 Å². The van der Waals surface area contributed by atoms with Crippen LogP contribution in [0.1, 0.15) is 15.9 Å². The molecule has 0 aliphatic carbocycles. The zero-order valence-electron chi connectivity index (χ0n) is 17.9. The van der Waals surface area contributed by atoms with Gasteiger partial charge in [0.2, 0.25) is 15.9 Å². The second-order valence-electron chi connectivity index (χ2n) is 7.47. The molecule has 180 valence electrons. The Bertz CT molecular complexity index is 1570. The Morgan fingerprint density at radius 1 is 1.03 bits per heavy atom. The number of carboxylic acid groups (broad SMARTS) is 1. The highest BCUT2D eigenvalue weighted by molar-refractivity contribution is 7.89. The molecular weight excluding hydrogens is 515 g/mol. The second-order valence-corrected chi connectivity index (χ2v) is 10.1. The van der Waals surface area contributed by atoms with E-state index in [0.29, 0.717) is 27.4 Å². The minimum absolute atomic E-state index is 0.0192. The smallest absolute Gasteiger partial charge is 0.335 e. The number of azo groups is 1. The molecule has 3 aromatic carbocycles. The van der Waals surface area contributed by atoms with Crippen LogP contribution in [0.15, 0.2) is 75.8 Å². The van der Waals surface area contributed by atoms with Crippen molar-refractivity contribution in [1.82, 2.24) is 9.71 Å². The molecule has 9 nitrogen and oxygen atoms in total. The number of aromatic nitrogens is 1. The van der Waals surface area contributed by atoms with E-state index in [9.17, 15) is 18.3 Å². The van der Waals surface area contributed by atoms with E-state index in [-0.39, 0.29) is 34.3 Å². The molecule has 0 saturated carbocycles. The van der Waals surface area contributed by atoms with Gasteiger partial charge in [0.05, 0.1) is 21.7 Å². The number of nitrogens with one attached hydrogen (secondary N) is 2. The van der Waals surface area contributed by atoms with Crippen LogP contribution in [0.3, 0.4) is 0 Å². The number of aromatic carboxylic acids is 1. The van der Waals surface area contributed by atoms with Gasteiger partial charge in [-0.15, -0.1) is 5.11 Å². The molecule has 35 heavy (non-hydrogen) atoms. The summed E-state index contributed by atoms with van der Waals surface area (Å²) in [5.41, 5.74) is 1.50. The van der Waals surface area contributed by atoms with Gasteiger partial charge in [0.25, 0.3) is 0 Å². The number of sulfonamides is 1. The van der Waals surface area contributed by atoms with Gasteiger partial charge >= 0.3 is 5.97 Å². The number of nitrogens with zero attached hydrogens (tertiary/aromatic N) is 2. The SMILES string of the molecule is O=C(O)c1cccc(N=Nc2c(O)[nH]c3ccc(S(=O)(=O)NCCc4ccc(Cl)cc4Cl)cc23)c1. The summed E-state index contributed by atoms with van der Waals surface area (Å²) in [5.74, 6) is -1.42. The van der Waals surface area contributed by atoms with Crippen LogP contribution in [0, 0.1) is 0 Å². The Hall–Kier alpha value is -3.44. The van der Waals surface area contributed by atoms with Gasteiger partial charge < -0.3 is 15.2 Å². The van der Waals surface area contributed by atoms with Gasteiger partial charge in [-0.1, -0.05) is 35.3 Å². The minimum Gasteiger partial charge on any atom is -0.493 e. The molecule has 0 aliphatic rings. The maximum absolute atomic E-state index is 12.9. The molecule has 0 saturated heterocycles. The third kappa shape index (κ3) is 5.63. The Kier molecular flexibility index (Phi) is 7.08. The molecule has 4 aromatic rings. The van der Waals surface area contributed by atoms with Crippen LogP contribution in [0.2, 0.25) is 10.0 Å². The molecule has 0 spiro atoms. The zero-order valence-corrected chi connectivity index (χ0v) is 20.2. The number of carboxylic acids is 1. The fourth-order valence-electron chi connectivity index (χ4n) is 3.35. The van der Waals surface area contributed by atoms with Gasteiger partial charge in [-0.25, -0.2) is 17.9 Å². The van der Waals surface area contributed by atoms with E-state index in [4.69, 9.17) is 28.3 Å². The molecule has 0 unspecified atom stereocenters. The number of carbonyl (C=O) groups is 1. The van der Waals surface area contributed by atoms with E-state index < -0.39 is 16.0 Å². The third-order valence-corrected chi connectivity index (χ3v) is 7.14. The van der Waals surface area contributed by atoms with Crippen molar-refractivity contribution in [3.63, 3.8) is 0 Å². The van der Waals surface area contributed by atoms with Crippen LogP contribution in [0.5, 0.6) is 5.88 Å². The topological polar surface area (TPSA) is 144 Å². The maximum atomic E-state index is 12.9. The highest BCUT2D eigenvalue weighted by Crippen LogP contribution is 2.37. The van der Waals surface area contributed by atoms with Crippen LogP contribution < -0.4 is 4.72 Å². The highest BCUT2D eigenvalue weighted by Gasteiger charge is 2.18. The predicted octanol–water partition coefficient (Wildman–Crippen LogP) is 5.81. The molecule has 1 aromatic heterocycles. The van der Waals surface area contributed by atoms with E-state index in [0.717, 1.165) is 5.56 Å². The number of aromatic amines is 1. The van der Waals surface area contributed by atoms with E-state index >= 15 is 0 Å². The number of rotatable bonds is 8. The van der Waals surface area contributed by atoms with Crippen molar-refractivity contribution in [3.05, 3.63) is 81.8 Å². The van der Waals surface area contributed by atoms with Gasteiger partial charge in [-0.05, 0) is 60.5 Å². The number of halogens is 2. The normalized spacial score (nSPS) is 11.9. The summed E-state index contributed by atoms with van der Waals surface area (Å²) in [6.07, 6.45) is 0.358. The lowest BCUT2D eigenvalue weighted by Gasteiger charge is -2.08. The van der Waals surface area contributed by atoms with Gasteiger partial charge in [0, 0.05) is 22.0 Å². The average Bonchev–Trinajstić information content (AvgIpc) is 3.13. The van der Waals surface area contributed by atoms with Gasteiger partial charge in [-0.2, -0.15) is 5.11 Å². The lowest BCUT2D eigenvalue weighted by atomic mass is 10.1. The fourth-order valence-corrected chi connectivity index (χ4v) is 4.91. The van der Waals surface area contributed by atoms with Crippen LogP contribution >= 0.6 is 23.2 Å². The monoisotopic (exact) mass is 532 g/mol. The van der Waals surface area contributed by atoms with Crippen molar-refractivity contribution in [2.75, 3.05) is 6.54 Å². The number of aromatic hydroxyl groups is 1. The van der Waals surface area contributed by atoms with Gasteiger partial charge in [0.15, 0.2) is 5.69 Å². The fraction of sp³-hybridized carbons (Fsp3) is 0.0870. The summed E-state index contributed by atoms with van der Waals surface area (Å²) < 4.78 is 28.2. The molecule has 12 heteroatoms. The molecular formula is C23H18Cl2N4O5S. The summed E-state index contributed by atoms with van der Waals surface area (Å²) in [7, 11) is -3.88. The first kappa shape index (κ1) is 24.7. The average molecular weight is 533 g/mol. The molecule has 0 atom stereocenters. The summed E-state index contributed by atoms with van der Waals surface area (Å²) in [4.78, 5) is 13.8. The van der Waals surface area contributed by atoms with Crippen LogP contribution in [0.25, 0.3) is 10.9 Å². The van der Waals surface area contributed by atoms with Crippen molar-refractivity contribution >= 4 is 61.5 Å². The Balaban J connectivity index is 1.57. The van der Waals surface area contributed by atoms with Crippen LogP contribution in [-0.2, 0) is 16.4 Å². The third-order valence-electron chi connectivity index (χ3n) is 5.09. The summed E-state index contributed by atoms with van der Waals surface area (Å²) in [5, 5.41) is 28.7. The number of hydrogen-bond donors (Lipinski definition) is 4. The Morgan fingerprint density at radius 3 is 2.57 bits per heavy atom.